The quantitative estimate of drug-likeness (QED) is 0.829. The number of carbonyl (C=O) groups excluding carboxylic acids is 2. The van der Waals surface area contributed by atoms with Gasteiger partial charge in [0.05, 0.1) is 19.2 Å². The Morgan fingerprint density at radius 3 is 2.72 bits per heavy atom. The Balaban J connectivity index is 1.55. The number of benzene rings is 1. The molecule has 0 saturated carbocycles. The van der Waals surface area contributed by atoms with Gasteiger partial charge >= 0.3 is 12.0 Å². The lowest BCUT2D eigenvalue weighted by Gasteiger charge is -2.09. The highest BCUT2D eigenvalue weighted by Gasteiger charge is 2.15. The van der Waals surface area contributed by atoms with Gasteiger partial charge in [-0.25, -0.2) is 9.59 Å². The molecule has 0 saturated heterocycles. The van der Waals surface area contributed by atoms with Gasteiger partial charge in [-0.05, 0) is 37.1 Å². The third-order valence-electron chi connectivity index (χ3n) is 4.16. The van der Waals surface area contributed by atoms with Gasteiger partial charge in [0.2, 0.25) is 0 Å². The van der Waals surface area contributed by atoms with E-state index in [4.69, 9.17) is 0 Å². The number of anilines is 1. The highest BCUT2D eigenvalue weighted by atomic mass is 16.5. The van der Waals surface area contributed by atoms with Crippen LogP contribution in [-0.2, 0) is 24.2 Å². The first-order chi connectivity index (χ1) is 12.2. The summed E-state index contributed by atoms with van der Waals surface area (Å²) in [4.78, 5) is 23.4. The van der Waals surface area contributed by atoms with Crippen molar-refractivity contribution in [2.75, 3.05) is 12.4 Å². The van der Waals surface area contributed by atoms with Crippen LogP contribution in [0.15, 0.2) is 24.3 Å². The fourth-order valence-electron chi connectivity index (χ4n) is 2.82. The summed E-state index contributed by atoms with van der Waals surface area (Å²) in [5.74, 6) is 1.35. The number of fused-ring (bicyclic) bond motifs is 1. The van der Waals surface area contributed by atoms with Gasteiger partial charge in [0.1, 0.15) is 5.82 Å². The molecule has 2 heterocycles. The summed E-state index contributed by atoms with van der Waals surface area (Å²) < 4.78 is 6.73. The van der Waals surface area contributed by atoms with Crippen LogP contribution < -0.4 is 10.6 Å². The molecule has 2 amide bonds. The van der Waals surface area contributed by atoms with Crippen molar-refractivity contribution in [1.82, 2.24) is 20.1 Å². The van der Waals surface area contributed by atoms with Crippen LogP contribution in [0.3, 0.4) is 0 Å². The number of nitrogens with zero attached hydrogens (tertiary/aromatic N) is 3. The van der Waals surface area contributed by atoms with Gasteiger partial charge in [0, 0.05) is 18.7 Å². The maximum absolute atomic E-state index is 12.0. The lowest BCUT2D eigenvalue weighted by Crippen LogP contribution is -2.29. The van der Waals surface area contributed by atoms with Gasteiger partial charge < -0.3 is 19.9 Å². The SMILES string of the molecule is COC(=O)c1ccc(NC(=O)NCc2nnc3n2CCCCC3)cc1. The van der Waals surface area contributed by atoms with Crippen molar-refractivity contribution in [2.24, 2.45) is 0 Å². The van der Waals surface area contributed by atoms with Gasteiger partial charge in [-0.1, -0.05) is 6.42 Å². The largest absolute Gasteiger partial charge is 0.465 e. The zero-order chi connectivity index (χ0) is 17.6. The first-order valence-corrected chi connectivity index (χ1v) is 8.31. The second-order valence-electron chi connectivity index (χ2n) is 5.87. The second kappa shape index (κ2) is 7.78. The Bertz CT molecular complexity index is 754. The van der Waals surface area contributed by atoms with Crippen molar-refractivity contribution >= 4 is 17.7 Å². The summed E-state index contributed by atoms with van der Waals surface area (Å²) in [6.07, 6.45) is 4.37. The van der Waals surface area contributed by atoms with Crippen molar-refractivity contribution in [3.05, 3.63) is 41.5 Å². The fourth-order valence-corrected chi connectivity index (χ4v) is 2.82. The molecule has 1 aromatic heterocycles. The molecule has 25 heavy (non-hydrogen) atoms. The molecule has 132 valence electrons. The summed E-state index contributed by atoms with van der Waals surface area (Å²) in [6.45, 7) is 1.22. The lowest BCUT2D eigenvalue weighted by atomic mass is 10.2. The Labute approximate surface area is 145 Å². The lowest BCUT2D eigenvalue weighted by molar-refractivity contribution is 0.0601. The Hall–Kier alpha value is -2.90. The molecule has 3 rings (SSSR count). The monoisotopic (exact) mass is 343 g/mol. The van der Waals surface area contributed by atoms with E-state index in [2.05, 4.69) is 30.1 Å². The van der Waals surface area contributed by atoms with Crippen LogP contribution >= 0.6 is 0 Å². The zero-order valence-electron chi connectivity index (χ0n) is 14.1. The standard InChI is InChI=1S/C17H21N5O3/c1-25-16(23)12-6-8-13(9-7-12)19-17(24)18-11-15-21-20-14-5-3-2-4-10-22(14)15/h6-9H,2-5,10-11H2,1H3,(H2,18,19,24). The fraction of sp³-hybridized carbons (Fsp3) is 0.412. The van der Waals surface area contributed by atoms with Crippen molar-refractivity contribution in [1.29, 1.82) is 0 Å². The van der Waals surface area contributed by atoms with E-state index in [0.29, 0.717) is 17.8 Å². The molecule has 2 N–H and O–H groups in total. The molecule has 1 aliphatic rings. The van der Waals surface area contributed by atoms with Gasteiger partial charge in [0.15, 0.2) is 5.82 Å². The molecule has 1 aromatic carbocycles. The number of rotatable bonds is 4. The number of hydrogen-bond donors (Lipinski definition) is 2. The summed E-state index contributed by atoms with van der Waals surface area (Å²) in [5, 5.41) is 13.9. The van der Waals surface area contributed by atoms with Crippen LogP contribution in [0.2, 0.25) is 0 Å². The number of urea groups is 1. The predicted octanol–water partition coefficient (Wildman–Crippen LogP) is 2.11. The molecule has 0 fully saturated rings. The van der Waals surface area contributed by atoms with Gasteiger partial charge in [-0.15, -0.1) is 10.2 Å². The van der Waals surface area contributed by atoms with E-state index in [9.17, 15) is 9.59 Å². The number of amides is 2. The van der Waals surface area contributed by atoms with E-state index in [-0.39, 0.29) is 6.03 Å². The van der Waals surface area contributed by atoms with Crippen LogP contribution in [0.1, 0.15) is 41.3 Å². The maximum atomic E-state index is 12.0. The van der Waals surface area contributed by atoms with Gasteiger partial charge in [-0.3, -0.25) is 0 Å². The maximum Gasteiger partial charge on any atom is 0.337 e. The zero-order valence-corrected chi connectivity index (χ0v) is 14.1. The number of aryl methyl sites for hydroxylation is 1. The van der Waals surface area contributed by atoms with Crippen LogP contribution in [0.4, 0.5) is 10.5 Å². The van der Waals surface area contributed by atoms with E-state index >= 15 is 0 Å². The third kappa shape index (κ3) is 4.14. The molecule has 0 radical (unpaired) electrons. The number of methoxy groups -OCH3 is 1. The predicted molar refractivity (Wildman–Crippen MR) is 91.2 cm³/mol. The van der Waals surface area contributed by atoms with E-state index in [1.807, 2.05) is 0 Å². The van der Waals surface area contributed by atoms with Crippen LogP contribution in [0, 0.1) is 0 Å². The van der Waals surface area contributed by atoms with E-state index < -0.39 is 5.97 Å². The minimum Gasteiger partial charge on any atom is -0.465 e. The molecule has 0 bridgehead atoms. The summed E-state index contributed by atoms with van der Waals surface area (Å²) in [5.41, 5.74) is 1.02. The molecule has 8 nitrogen and oxygen atoms in total. The van der Waals surface area contributed by atoms with Crippen molar-refractivity contribution in [3.63, 3.8) is 0 Å². The molecule has 0 atom stereocenters. The van der Waals surface area contributed by atoms with Crippen molar-refractivity contribution in [3.8, 4) is 0 Å². The molecule has 0 unspecified atom stereocenters. The number of ether oxygens (including phenoxy) is 1. The highest BCUT2D eigenvalue weighted by Crippen LogP contribution is 2.14. The van der Waals surface area contributed by atoms with Crippen LogP contribution in [-0.4, -0.2) is 33.9 Å². The van der Waals surface area contributed by atoms with Crippen LogP contribution in [0.5, 0.6) is 0 Å². The number of carbonyl (C=O) groups is 2. The van der Waals surface area contributed by atoms with E-state index in [1.165, 1.54) is 13.5 Å². The average Bonchev–Trinajstić information content (AvgIpc) is 2.86. The molecule has 0 aliphatic carbocycles. The number of nitrogens with one attached hydrogen (secondary N) is 2. The highest BCUT2D eigenvalue weighted by molar-refractivity contribution is 5.92. The molecule has 8 heteroatoms. The summed E-state index contributed by atoms with van der Waals surface area (Å²) >= 11 is 0. The molecule has 1 aliphatic heterocycles. The van der Waals surface area contributed by atoms with Crippen LogP contribution in [0.25, 0.3) is 0 Å². The van der Waals surface area contributed by atoms with Gasteiger partial charge in [0.25, 0.3) is 0 Å². The normalized spacial score (nSPS) is 13.5. The summed E-state index contributed by atoms with van der Waals surface area (Å²) in [6, 6.07) is 6.15. The molecule has 2 aromatic rings. The number of aromatic nitrogens is 3. The van der Waals surface area contributed by atoms with Gasteiger partial charge in [-0.2, -0.15) is 0 Å². The molecular weight excluding hydrogens is 322 g/mol. The first kappa shape index (κ1) is 16.9. The van der Waals surface area contributed by atoms with E-state index in [1.54, 1.807) is 24.3 Å². The molecule has 0 spiro atoms. The number of hydrogen-bond acceptors (Lipinski definition) is 5. The van der Waals surface area contributed by atoms with E-state index in [0.717, 1.165) is 37.5 Å². The summed E-state index contributed by atoms with van der Waals surface area (Å²) in [7, 11) is 1.33. The topological polar surface area (TPSA) is 98.1 Å². The first-order valence-electron chi connectivity index (χ1n) is 8.31. The average molecular weight is 343 g/mol. The Morgan fingerprint density at radius 2 is 1.96 bits per heavy atom. The van der Waals surface area contributed by atoms with Crippen molar-refractivity contribution in [2.45, 2.75) is 38.8 Å². The second-order valence-corrected chi connectivity index (χ2v) is 5.87. The smallest absolute Gasteiger partial charge is 0.337 e. The van der Waals surface area contributed by atoms with Crippen molar-refractivity contribution < 1.29 is 14.3 Å². The number of esters is 1. The minimum absolute atomic E-state index is 0.319. The Kier molecular flexibility index (Phi) is 5.27. The Morgan fingerprint density at radius 1 is 1.16 bits per heavy atom. The molecular formula is C17H21N5O3. The minimum atomic E-state index is -0.413. The third-order valence-corrected chi connectivity index (χ3v) is 4.16.